The van der Waals surface area contributed by atoms with Crippen LogP contribution < -0.4 is 5.32 Å². The molecule has 1 aliphatic rings. The van der Waals surface area contributed by atoms with Crippen molar-refractivity contribution in [2.75, 3.05) is 13.6 Å². The fourth-order valence-corrected chi connectivity index (χ4v) is 3.66. The van der Waals surface area contributed by atoms with Crippen molar-refractivity contribution in [1.29, 1.82) is 0 Å². The monoisotopic (exact) mass is 327 g/mol. The van der Waals surface area contributed by atoms with Crippen molar-refractivity contribution in [1.82, 2.24) is 5.32 Å². The Morgan fingerprint density at radius 1 is 1.21 bits per heavy atom. The first kappa shape index (κ1) is 15.0. The second-order valence-electron chi connectivity index (χ2n) is 5.67. The summed E-state index contributed by atoms with van der Waals surface area (Å²) in [5.41, 5.74) is 1.25. The summed E-state index contributed by atoms with van der Waals surface area (Å²) in [5, 5.41) is 3.33. The van der Waals surface area contributed by atoms with E-state index < -0.39 is 0 Å². The zero-order valence-corrected chi connectivity index (χ0v) is 13.2. The van der Waals surface area contributed by atoms with E-state index in [0.717, 1.165) is 24.8 Å². The predicted octanol–water partition coefficient (Wildman–Crippen LogP) is 4.55. The van der Waals surface area contributed by atoms with E-state index in [1.807, 2.05) is 19.2 Å². The molecular weight excluding hydrogens is 305 g/mol. The molecule has 3 heteroatoms. The van der Waals surface area contributed by atoms with Crippen molar-refractivity contribution in [3.05, 3.63) is 34.1 Å². The van der Waals surface area contributed by atoms with Crippen LogP contribution in [0.5, 0.6) is 0 Å². The second kappa shape index (κ2) is 7.39. The first-order valence-electron chi connectivity index (χ1n) is 7.29. The summed E-state index contributed by atoms with van der Waals surface area (Å²) in [5.74, 6) is 1.32. The van der Waals surface area contributed by atoms with Gasteiger partial charge in [-0.25, -0.2) is 4.39 Å². The molecule has 1 fully saturated rings. The molecule has 0 aliphatic heterocycles. The van der Waals surface area contributed by atoms with Gasteiger partial charge in [0.05, 0.1) is 4.47 Å². The normalized spacial score (nSPS) is 24.2. The number of hydrogen-bond acceptors (Lipinski definition) is 1. The van der Waals surface area contributed by atoms with E-state index in [1.165, 1.54) is 37.7 Å². The molecule has 0 amide bonds. The SMILES string of the molecule is CNCC1CCCCCC1Cc1ccc(F)c(Br)c1. The smallest absolute Gasteiger partial charge is 0.137 e. The molecule has 0 aromatic heterocycles. The van der Waals surface area contributed by atoms with Crippen LogP contribution in [0.1, 0.15) is 37.7 Å². The molecule has 1 aromatic rings. The highest BCUT2D eigenvalue weighted by atomic mass is 79.9. The molecule has 2 atom stereocenters. The average molecular weight is 328 g/mol. The Morgan fingerprint density at radius 2 is 1.95 bits per heavy atom. The third-order valence-electron chi connectivity index (χ3n) is 4.26. The number of rotatable bonds is 4. The summed E-state index contributed by atoms with van der Waals surface area (Å²) in [4.78, 5) is 0. The third kappa shape index (κ3) is 4.28. The van der Waals surface area contributed by atoms with Gasteiger partial charge in [-0.1, -0.05) is 25.3 Å². The second-order valence-corrected chi connectivity index (χ2v) is 6.52. The molecule has 2 unspecified atom stereocenters. The van der Waals surface area contributed by atoms with Gasteiger partial charge in [0.25, 0.3) is 0 Å². The highest BCUT2D eigenvalue weighted by Gasteiger charge is 2.23. The van der Waals surface area contributed by atoms with Crippen molar-refractivity contribution in [3.63, 3.8) is 0 Å². The molecule has 1 aromatic carbocycles. The maximum atomic E-state index is 13.3. The minimum atomic E-state index is -0.170. The van der Waals surface area contributed by atoms with E-state index in [2.05, 4.69) is 21.2 Å². The van der Waals surface area contributed by atoms with Gasteiger partial charge in [-0.3, -0.25) is 0 Å². The van der Waals surface area contributed by atoms with E-state index in [-0.39, 0.29) is 5.82 Å². The van der Waals surface area contributed by atoms with Gasteiger partial charge in [-0.15, -0.1) is 0 Å². The van der Waals surface area contributed by atoms with Crippen molar-refractivity contribution in [2.45, 2.75) is 38.5 Å². The Bertz CT molecular complexity index is 408. The molecule has 19 heavy (non-hydrogen) atoms. The average Bonchev–Trinajstić information content (AvgIpc) is 2.61. The van der Waals surface area contributed by atoms with Gasteiger partial charge in [-0.05, 0) is 78.3 Å². The fourth-order valence-electron chi connectivity index (χ4n) is 3.23. The van der Waals surface area contributed by atoms with Crippen LogP contribution in [0.25, 0.3) is 0 Å². The van der Waals surface area contributed by atoms with E-state index in [4.69, 9.17) is 0 Å². The van der Waals surface area contributed by atoms with E-state index >= 15 is 0 Å². The number of nitrogens with one attached hydrogen (secondary N) is 1. The lowest BCUT2D eigenvalue weighted by Crippen LogP contribution is -2.26. The van der Waals surface area contributed by atoms with Crippen LogP contribution in [0, 0.1) is 17.7 Å². The Balaban J connectivity index is 2.06. The molecule has 1 nitrogen and oxygen atoms in total. The molecule has 2 rings (SSSR count). The largest absolute Gasteiger partial charge is 0.319 e. The summed E-state index contributed by atoms with van der Waals surface area (Å²) in [6.07, 6.45) is 7.77. The van der Waals surface area contributed by atoms with Gasteiger partial charge in [0.15, 0.2) is 0 Å². The number of benzene rings is 1. The Labute approximate surface area is 124 Å². The summed E-state index contributed by atoms with van der Waals surface area (Å²) < 4.78 is 13.9. The van der Waals surface area contributed by atoms with Crippen molar-refractivity contribution >= 4 is 15.9 Å². The molecular formula is C16H23BrFN. The first-order valence-corrected chi connectivity index (χ1v) is 8.08. The first-order chi connectivity index (χ1) is 9.20. The van der Waals surface area contributed by atoms with E-state index in [0.29, 0.717) is 4.47 Å². The maximum Gasteiger partial charge on any atom is 0.137 e. The lowest BCUT2D eigenvalue weighted by Gasteiger charge is -2.25. The van der Waals surface area contributed by atoms with E-state index in [1.54, 1.807) is 6.07 Å². The van der Waals surface area contributed by atoms with Crippen LogP contribution in [0.2, 0.25) is 0 Å². The van der Waals surface area contributed by atoms with Crippen LogP contribution in [0.15, 0.2) is 22.7 Å². The van der Waals surface area contributed by atoms with Gasteiger partial charge < -0.3 is 5.32 Å². The minimum Gasteiger partial charge on any atom is -0.319 e. The molecule has 1 saturated carbocycles. The third-order valence-corrected chi connectivity index (χ3v) is 4.87. The Hall–Kier alpha value is -0.410. The fraction of sp³-hybridized carbons (Fsp3) is 0.625. The lowest BCUT2D eigenvalue weighted by molar-refractivity contribution is 0.304. The lowest BCUT2D eigenvalue weighted by atomic mass is 9.83. The molecule has 106 valence electrons. The summed E-state index contributed by atoms with van der Waals surface area (Å²) in [6, 6.07) is 5.45. The van der Waals surface area contributed by atoms with Gasteiger partial charge in [0.2, 0.25) is 0 Å². The van der Waals surface area contributed by atoms with Crippen LogP contribution in [0.3, 0.4) is 0 Å². The molecule has 0 radical (unpaired) electrons. The molecule has 0 heterocycles. The van der Waals surface area contributed by atoms with Crippen LogP contribution in [0.4, 0.5) is 4.39 Å². The Kier molecular flexibility index (Phi) is 5.83. The highest BCUT2D eigenvalue weighted by Crippen LogP contribution is 2.31. The molecule has 0 saturated heterocycles. The summed E-state index contributed by atoms with van der Waals surface area (Å²) >= 11 is 3.28. The summed E-state index contributed by atoms with van der Waals surface area (Å²) in [7, 11) is 2.04. The van der Waals surface area contributed by atoms with Gasteiger partial charge in [0, 0.05) is 0 Å². The van der Waals surface area contributed by atoms with Crippen LogP contribution >= 0.6 is 15.9 Å². The minimum absolute atomic E-state index is 0.170. The van der Waals surface area contributed by atoms with Crippen LogP contribution in [-0.2, 0) is 6.42 Å². The van der Waals surface area contributed by atoms with Gasteiger partial charge in [0.1, 0.15) is 5.82 Å². The van der Waals surface area contributed by atoms with Crippen LogP contribution in [-0.4, -0.2) is 13.6 Å². The van der Waals surface area contributed by atoms with Crippen molar-refractivity contribution < 1.29 is 4.39 Å². The Morgan fingerprint density at radius 3 is 2.63 bits per heavy atom. The number of halogens is 2. The highest BCUT2D eigenvalue weighted by molar-refractivity contribution is 9.10. The maximum absolute atomic E-state index is 13.3. The molecule has 0 bridgehead atoms. The topological polar surface area (TPSA) is 12.0 Å². The van der Waals surface area contributed by atoms with Gasteiger partial charge in [-0.2, -0.15) is 0 Å². The standard InChI is InChI=1S/C16H23BrFN/c1-19-11-14-6-4-2-3-5-13(14)9-12-7-8-16(18)15(17)10-12/h7-8,10,13-14,19H,2-6,9,11H2,1H3. The zero-order chi connectivity index (χ0) is 13.7. The molecule has 1 aliphatic carbocycles. The summed E-state index contributed by atoms with van der Waals surface area (Å²) in [6.45, 7) is 1.10. The van der Waals surface area contributed by atoms with E-state index in [9.17, 15) is 4.39 Å². The molecule has 1 N–H and O–H groups in total. The van der Waals surface area contributed by atoms with Crippen molar-refractivity contribution in [3.8, 4) is 0 Å². The van der Waals surface area contributed by atoms with Gasteiger partial charge >= 0.3 is 0 Å². The zero-order valence-electron chi connectivity index (χ0n) is 11.6. The van der Waals surface area contributed by atoms with Crippen molar-refractivity contribution in [2.24, 2.45) is 11.8 Å². The quantitative estimate of drug-likeness (QED) is 0.800. The predicted molar refractivity (Wildman–Crippen MR) is 81.8 cm³/mol. The molecule has 0 spiro atoms. The number of hydrogen-bond donors (Lipinski definition) is 1.